The molecule has 0 bridgehead atoms. The van der Waals surface area contributed by atoms with E-state index in [-0.39, 0.29) is 0 Å². The van der Waals surface area contributed by atoms with Crippen molar-refractivity contribution in [1.82, 2.24) is 4.90 Å². The average Bonchev–Trinajstić information content (AvgIpc) is 2.68. The van der Waals surface area contributed by atoms with Crippen molar-refractivity contribution in [3.8, 4) is 5.75 Å². The molecule has 0 saturated carbocycles. The third-order valence-electron chi connectivity index (χ3n) is 5.01. The zero-order valence-electron chi connectivity index (χ0n) is 14.9. The first kappa shape index (κ1) is 18.2. The third kappa shape index (κ3) is 5.16. The second kappa shape index (κ2) is 9.16. The molecule has 1 aliphatic heterocycles. The first-order valence-electron chi connectivity index (χ1n) is 9.04. The van der Waals surface area contributed by atoms with E-state index in [4.69, 9.17) is 4.74 Å². The first-order chi connectivity index (χ1) is 12.3. The summed E-state index contributed by atoms with van der Waals surface area (Å²) in [7, 11) is 0.856. The Morgan fingerprint density at radius 1 is 1.04 bits per heavy atom. The van der Waals surface area contributed by atoms with Crippen LogP contribution in [0.3, 0.4) is 0 Å². The average molecular weight is 358 g/mol. The summed E-state index contributed by atoms with van der Waals surface area (Å²) in [6, 6.07) is 18.1. The maximum absolute atomic E-state index is 12.3. The number of benzene rings is 2. The van der Waals surface area contributed by atoms with Crippen LogP contribution in [0.1, 0.15) is 18.4 Å². The van der Waals surface area contributed by atoms with Gasteiger partial charge in [-0.3, -0.25) is 4.21 Å². The van der Waals surface area contributed by atoms with E-state index in [1.165, 1.54) is 18.4 Å². The molecule has 2 aromatic rings. The molecule has 0 aliphatic carbocycles. The van der Waals surface area contributed by atoms with E-state index in [0.717, 1.165) is 42.5 Å². The SMILES string of the molecule is COc1ccccc1CC1CCN(CCS(=O)c2ccccc2)CC1. The van der Waals surface area contributed by atoms with Crippen LogP contribution >= 0.6 is 0 Å². The van der Waals surface area contributed by atoms with Gasteiger partial charge in [0.05, 0.1) is 17.9 Å². The van der Waals surface area contributed by atoms with Gasteiger partial charge in [0.15, 0.2) is 0 Å². The maximum Gasteiger partial charge on any atom is 0.122 e. The number of para-hydroxylation sites is 1. The number of hydrogen-bond acceptors (Lipinski definition) is 3. The van der Waals surface area contributed by atoms with Crippen molar-refractivity contribution in [3.05, 3.63) is 60.2 Å². The molecule has 4 heteroatoms. The molecule has 0 N–H and O–H groups in total. The Morgan fingerprint density at radius 3 is 2.44 bits per heavy atom. The molecule has 2 aromatic carbocycles. The summed E-state index contributed by atoms with van der Waals surface area (Å²) in [5.41, 5.74) is 1.31. The molecular formula is C21H27NO2S. The van der Waals surface area contributed by atoms with Crippen molar-refractivity contribution >= 4 is 10.8 Å². The van der Waals surface area contributed by atoms with Crippen molar-refractivity contribution in [2.45, 2.75) is 24.2 Å². The van der Waals surface area contributed by atoms with Crippen LogP contribution in [0, 0.1) is 5.92 Å². The number of nitrogens with zero attached hydrogens (tertiary/aromatic N) is 1. The predicted molar refractivity (Wildman–Crippen MR) is 104 cm³/mol. The molecule has 0 amide bonds. The Hall–Kier alpha value is -1.65. The molecule has 0 aromatic heterocycles. The summed E-state index contributed by atoms with van der Waals surface area (Å²) >= 11 is 0. The highest BCUT2D eigenvalue weighted by Crippen LogP contribution is 2.26. The van der Waals surface area contributed by atoms with Crippen molar-refractivity contribution in [2.75, 3.05) is 32.5 Å². The summed E-state index contributed by atoms with van der Waals surface area (Å²) in [5, 5.41) is 0. The summed E-state index contributed by atoms with van der Waals surface area (Å²) in [6.07, 6.45) is 3.50. The zero-order chi connectivity index (χ0) is 17.5. The molecule has 134 valence electrons. The highest BCUT2D eigenvalue weighted by atomic mass is 32.2. The molecule has 1 unspecified atom stereocenters. The number of rotatable bonds is 7. The standard InChI is InChI=1S/C21H27NO2S/c1-24-21-10-6-5-7-19(21)17-18-11-13-22(14-12-18)15-16-25(23)20-8-3-2-4-9-20/h2-10,18H,11-17H2,1H3. The van der Waals surface area contributed by atoms with Crippen LogP contribution in [0.2, 0.25) is 0 Å². The van der Waals surface area contributed by atoms with Gasteiger partial charge in [-0.2, -0.15) is 0 Å². The van der Waals surface area contributed by atoms with E-state index in [9.17, 15) is 4.21 Å². The lowest BCUT2D eigenvalue weighted by Gasteiger charge is -2.32. The van der Waals surface area contributed by atoms with Gasteiger partial charge in [0.25, 0.3) is 0 Å². The van der Waals surface area contributed by atoms with E-state index in [1.54, 1.807) is 7.11 Å². The van der Waals surface area contributed by atoms with Crippen LogP contribution in [0.25, 0.3) is 0 Å². The van der Waals surface area contributed by atoms with E-state index in [1.807, 2.05) is 42.5 Å². The molecule has 0 spiro atoms. The van der Waals surface area contributed by atoms with E-state index >= 15 is 0 Å². The zero-order valence-corrected chi connectivity index (χ0v) is 15.7. The molecular weight excluding hydrogens is 330 g/mol. The molecule has 1 aliphatic rings. The van der Waals surface area contributed by atoms with Crippen molar-refractivity contribution < 1.29 is 8.95 Å². The van der Waals surface area contributed by atoms with Gasteiger partial charge in [0.2, 0.25) is 0 Å². The van der Waals surface area contributed by atoms with Crippen LogP contribution in [0.4, 0.5) is 0 Å². The normalized spacial score (nSPS) is 17.3. The highest BCUT2D eigenvalue weighted by Gasteiger charge is 2.20. The smallest absolute Gasteiger partial charge is 0.122 e. The number of likely N-dealkylation sites (tertiary alicyclic amines) is 1. The van der Waals surface area contributed by atoms with Crippen LogP contribution < -0.4 is 4.74 Å². The Bertz CT molecular complexity index is 681. The lowest BCUT2D eigenvalue weighted by molar-refractivity contribution is 0.192. The molecule has 1 fully saturated rings. The fourth-order valence-electron chi connectivity index (χ4n) is 3.50. The van der Waals surface area contributed by atoms with E-state index < -0.39 is 10.8 Å². The number of methoxy groups -OCH3 is 1. The Kier molecular flexibility index (Phi) is 6.65. The summed E-state index contributed by atoms with van der Waals surface area (Å²) in [4.78, 5) is 3.40. The minimum Gasteiger partial charge on any atom is -0.496 e. The largest absolute Gasteiger partial charge is 0.496 e. The number of hydrogen-bond donors (Lipinski definition) is 0. The second-order valence-corrected chi connectivity index (χ2v) is 8.23. The Balaban J connectivity index is 1.43. The predicted octanol–water partition coefficient (Wildman–Crippen LogP) is 3.76. The van der Waals surface area contributed by atoms with Gasteiger partial charge in [0, 0.05) is 17.2 Å². The van der Waals surface area contributed by atoms with Gasteiger partial charge in [-0.05, 0) is 62.0 Å². The van der Waals surface area contributed by atoms with E-state index in [2.05, 4.69) is 17.0 Å². The maximum atomic E-state index is 12.3. The summed E-state index contributed by atoms with van der Waals surface area (Å²) < 4.78 is 17.8. The van der Waals surface area contributed by atoms with Crippen LogP contribution in [-0.4, -0.2) is 41.6 Å². The number of ether oxygens (including phenoxy) is 1. The van der Waals surface area contributed by atoms with Gasteiger partial charge in [0.1, 0.15) is 5.75 Å². The molecule has 1 saturated heterocycles. The van der Waals surface area contributed by atoms with Gasteiger partial charge < -0.3 is 9.64 Å². The molecule has 3 rings (SSSR count). The first-order valence-corrected chi connectivity index (χ1v) is 10.4. The third-order valence-corrected chi connectivity index (χ3v) is 6.36. The van der Waals surface area contributed by atoms with Gasteiger partial charge in [-0.25, -0.2) is 0 Å². The Labute approximate surface area is 153 Å². The van der Waals surface area contributed by atoms with Crippen LogP contribution in [0.5, 0.6) is 5.75 Å². The van der Waals surface area contributed by atoms with Crippen molar-refractivity contribution in [2.24, 2.45) is 5.92 Å². The van der Waals surface area contributed by atoms with Gasteiger partial charge in [-0.15, -0.1) is 0 Å². The molecule has 0 radical (unpaired) electrons. The number of piperidine rings is 1. The summed E-state index contributed by atoms with van der Waals surface area (Å²) in [6.45, 7) is 3.13. The van der Waals surface area contributed by atoms with Crippen LogP contribution in [0.15, 0.2) is 59.5 Å². The highest BCUT2D eigenvalue weighted by molar-refractivity contribution is 7.85. The van der Waals surface area contributed by atoms with Crippen LogP contribution in [-0.2, 0) is 17.2 Å². The van der Waals surface area contributed by atoms with Gasteiger partial charge >= 0.3 is 0 Å². The molecule has 1 heterocycles. The molecule has 1 atom stereocenters. The molecule has 25 heavy (non-hydrogen) atoms. The monoisotopic (exact) mass is 357 g/mol. The lowest BCUT2D eigenvalue weighted by atomic mass is 9.90. The fraction of sp³-hybridized carbons (Fsp3) is 0.429. The lowest BCUT2D eigenvalue weighted by Crippen LogP contribution is -2.36. The minimum absolute atomic E-state index is 0.715. The fourth-order valence-corrected chi connectivity index (χ4v) is 4.62. The summed E-state index contributed by atoms with van der Waals surface area (Å²) in [5.74, 6) is 2.44. The minimum atomic E-state index is -0.888. The topological polar surface area (TPSA) is 29.5 Å². The van der Waals surface area contributed by atoms with Gasteiger partial charge in [-0.1, -0.05) is 36.4 Å². The van der Waals surface area contributed by atoms with Crippen molar-refractivity contribution in [1.29, 1.82) is 0 Å². The van der Waals surface area contributed by atoms with E-state index in [0.29, 0.717) is 5.92 Å². The Morgan fingerprint density at radius 2 is 1.72 bits per heavy atom. The quantitative estimate of drug-likeness (QED) is 0.756. The molecule has 3 nitrogen and oxygen atoms in total. The van der Waals surface area contributed by atoms with Crippen molar-refractivity contribution in [3.63, 3.8) is 0 Å². The second-order valence-electron chi connectivity index (χ2n) is 6.66.